The van der Waals surface area contributed by atoms with Crippen LogP contribution in [0.1, 0.15) is 15.2 Å². The van der Waals surface area contributed by atoms with Crippen LogP contribution in [0.4, 0.5) is 11.4 Å². The number of carbonyl (C=O) groups excluding carboxylic acids is 1. The Morgan fingerprint density at radius 1 is 1.14 bits per heavy atom. The number of rotatable bonds is 5. The maximum atomic E-state index is 12.9. The highest BCUT2D eigenvalue weighted by Gasteiger charge is 2.19. The number of benzene rings is 2. The van der Waals surface area contributed by atoms with E-state index in [1.54, 1.807) is 30.5 Å². The number of nitrogens with two attached hydrogens (primary N) is 1. The minimum absolute atomic E-state index is 0.292. The van der Waals surface area contributed by atoms with Crippen LogP contribution in [0.5, 0.6) is 0 Å². The van der Waals surface area contributed by atoms with E-state index in [9.17, 15) is 4.79 Å². The van der Waals surface area contributed by atoms with Gasteiger partial charge in [0, 0.05) is 23.2 Å². The van der Waals surface area contributed by atoms with Gasteiger partial charge in [0.15, 0.2) is 0 Å². The first-order valence-corrected chi connectivity index (χ1v) is 9.88. The average molecular weight is 409 g/mol. The standard InChI is InChI=1S/C21H17ClN4OS/c22-15-4-3-5-16(12-15)26(23)21(27)20-19(9-11-28-20)25-13-14-8-10-24-18-7-2-1-6-17(14)18/h1-12,25H,13,23H2. The normalized spacial score (nSPS) is 10.8. The van der Waals surface area contributed by atoms with Gasteiger partial charge in [-0.05, 0) is 47.3 Å². The summed E-state index contributed by atoms with van der Waals surface area (Å²) in [6.45, 7) is 0.571. The molecule has 0 bridgehead atoms. The molecule has 140 valence electrons. The molecular weight excluding hydrogens is 392 g/mol. The average Bonchev–Trinajstić information content (AvgIpc) is 3.19. The number of nitrogens with one attached hydrogen (secondary N) is 1. The number of pyridine rings is 1. The van der Waals surface area contributed by atoms with Gasteiger partial charge in [-0.2, -0.15) is 0 Å². The quantitative estimate of drug-likeness (QED) is 0.274. The van der Waals surface area contributed by atoms with E-state index in [1.807, 2.05) is 41.8 Å². The Hall–Kier alpha value is -2.93. The van der Waals surface area contributed by atoms with Crippen LogP contribution in [-0.2, 0) is 6.54 Å². The summed E-state index contributed by atoms with van der Waals surface area (Å²) in [5, 5.41) is 7.94. The highest BCUT2D eigenvalue weighted by atomic mass is 35.5. The summed E-state index contributed by atoms with van der Waals surface area (Å²) in [4.78, 5) is 17.8. The number of thiophene rings is 1. The van der Waals surface area contributed by atoms with Crippen molar-refractivity contribution in [2.24, 2.45) is 5.84 Å². The van der Waals surface area contributed by atoms with E-state index in [1.165, 1.54) is 11.3 Å². The van der Waals surface area contributed by atoms with Crippen molar-refractivity contribution >= 4 is 51.1 Å². The van der Waals surface area contributed by atoms with Gasteiger partial charge < -0.3 is 5.32 Å². The summed E-state index contributed by atoms with van der Waals surface area (Å²) >= 11 is 7.35. The van der Waals surface area contributed by atoms with Crippen LogP contribution in [0.15, 0.2) is 72.2 Å². The van der Waals surface area contributed by atoms with Gasteiger partial charge in [-0.25, -0.2) is 10.9 Å². The first kappa shape index (κ1) is 18.4. The van der Waals surface area contributed by atoms with Crippen LogP contribution in [0.2, 0.25) is 5.02 Å². The van der Waals surface area contributed by atoms with E-state index in [-0.39, 0.29) is 5.91 Å². The Kier molecular flexibility index (Phi) is 5.25. The zero-order valence-corrected chi connectivity index (χ0v) is 16.4. The molecule has 0 unspecified atom stereocenters. The number of carbonyl (C=O) groups is 1. The molecule has 0 aliphatic carbocycles. The fourth-order valence-electron chi connectivity index (χ4n) is 2.97. The monoisotopic (exact) mass is 408 g/mol. The lowest BCUT2D eigenvalue weighted by atomic mass is 10.1. The number of hydrazine groups is 1. The van der Waals surface area contributed by atoms with Crippen molar-refractivity contribution in [3.8, 4) is 0 Å². The predicted octanol–water partition coefficient (Wildman–Crippen LogP) is 5.08. The fourth-order valence-corrected chi connectivity index (χ4v) is 3.96. The third-order valence-corrected chi connectivity index (χ3v) is 5.51. The highest BCUT2D eigenvalue weighted by molar-refractivity contribution is 7.12. The van der Waals surface area contributed by atoms with E-state index >= 15 is 0 Å². The van der Waals surface area contributed by atoms with E-state index in [0.29, 0.717) is 22.1 Å². The number of nitrogens with zero attached hydrogens (tertiary/aromatic N) is 2. The molecule has 28 heavy (non-hydrogen) atoms. The van der Waals surface area contributed by atoms with Gasteiger partial charge in [0.1, 0.15) is 4.88 Å². The molecule has 1 amide bonds. The van der Waals surface area contributed by atoms with Gasteiger partial charge in [-0.3, -0.25) is 9.78 Å². The molecule has 5 nitrogen and oxygen atoms in total. The molecule has 0 aliphatic rings. The summed E-state index contributed by atoms with van der Waals surface area (Å²) in [7, 11) is 0. The van der Waals surface area contributed by atoms with Crippen molar-refractivity contribution in [2.45, 2.75) is 6.54 Å². The lowest BCUT2D eigenvalue weighted by Crippen LogP contribution is -2.37. The van der Waals surface area contributed by atoms with E-state index in [2.05, 4.69) is 10.3 Å². The largest absolute Gasteiger partial charge is 0.380 e. The first-order valence-electron chi connectivity index (χ1n) is 8.62. The molecule has 0 atom stereocenters. The van der Waals surface area contributed by atoms with Crippen molar-refractivity contribution < 1.29 is 4.79 Å². The Morgan fingerprint density at radius 2 is 2.00 bits per heavy atom. The second kappa shape index (κ2) is 7.98. The van der Waals surface area contributed by atoms with Crippen LogP contribution >= 0.6 is 22.9 Å². The van der Waals surface area contributed by atoms with Crippen LogP contribution < -0.4 is 16.2 Å². The number of anilines is 2. The van der Waals surface area contributed by atoms with E-state index in [4.69, 9.17) is 17.4 Å². The Morgan fingerprint density at radius 3 is 2.86 bits per heavy atom. The highest BCUT2D eigenvalue weighted by Crippen LogP contribution is 2.27. The minimum Gasteiger partial charge on any atom is -0.380 e. The predicted molar refractivity (Wildman–Crippen MR) is 116 cm³/mol. The molecule has 0 spiro atoms. The smallest absolute Gasteiger partial charge is 0.284 e. The summed E-state index contributed by atoms with van der Waals surface area (Å²) in [6.07, 6.45) is 1.79. The molecule has 0 fully saturated rings. The molecule has 2 aromatic carbocycles. The van der Waals surface area contributed by atoms with Crippen LogP contribution in [0.3, 0.4) is 0 Å². The Labute approximate surface area is 171 Å². The lowest BCUT2D eigenvalue weighted by molar-refractivity contribution is 0.0991. The second-order valence-electron chi connectivity index (χ2n) is 6.16. The SMILES string of the molecule is NN(C(=O)c1sccc1NCc1ccnc2ccccc12)c1cccc(Cl)c1. The number of amides is 1. The molecular formula is C21H17ClN4OS. The third-order valence-electron chi connectivity index (χ3n) is 4.37. The number of halogens is 1. The molecule has 3 N–H and O–H groups in total. The van der Waals surface area contributed by atoms with Crippen molar-refractivity contribution in [3.05, 3.63) is 87.7 Å². The molecule has 0 saturated heterocycles. The maximum Gasteiger partial charge on any atom is 0.284 e. The molecule has 4 rings (SSSR count). The topological polar surface area (TPSA) is 71.2 Å². The fraction of sp³-hybridized carbons (Fsp3) is 0.0476. The van der Waals surface area contributed by atoms with Crippen molar-refractivity contribution in [1.82, 2.24) is 4.98 Å². The molecule has 2 heterocycles. The molecule has 0 saturated carbocycles. The van der Waals surface area contributed by atoms with Crippen LogP contribution in [0.25, 0.3) is 10.9 Å². The van der Waals surface area contributed by atoms with Crippen LogP contribution in [-0.4, -0.2) is 10.9 Å². The number of hydrogen-bond acceptors (Lipinski definition) is 5. The summed E-state index contributed by atoms with van der Waals surface area (Å²) in [5.41, 5.74) is 3.33. The van der Waals surface area contributed by atoms with Gasteiger partial charge in [-0.15, -0.1) is 11.3 Å². The van der Waals surface area contributed by atoms with Crippen molar-refractivity contribution in [1.29, 1.82) is 0 Å². The molecule has 2 aromatic heterocycles. The van der Waals surface area contributed by atoms with Gasteiger partial charge >= 0.3 is 0 Å². The van der Waals surface area contributed by atoms with E-state index in [0.717, 1.165) is 27.2 Å². The zero-order valence-electron chi connectivity index (χ0n) is 14.8. The van der Waals surface area contributed by atoms with Crippen molar-refractivity contribution in [2.75, 3.05) is 10.3 Å². The van der Waals surface area contributed by atoms with Crippen molar-refractivity contribution in [3.63, 3.8) is 0 Å². The maximum absolute atomic E-state index is 12.9. The van der Waals surface area contributed by atoms with Gasteiger partial charge in [0.2, 0.25) is 0 Å². The molecule has 0 radical (unpaired) electrons. The lowest BCUT2D eigenvalue weighted by Gasteiger charge is -2.17. The third kappa shape index (κ3) is 3.71. The number of para-hydroxylation sites is 1. The van der Waals surface area contributed by atoms with Gasteiger partial charge in [-0.1, -0.05) is 35.9 Å². The van der Waals surface area contributed by atoms with Gasteiger partial charge in [0.05, 0.1) is 16.9 Å². The number of hydrogen-bond donors (Lipinski definition) is 2. The minimum atomic E-state index is -0.292. The first-order chi connectivity index (χ1) is 13.6. The summed E-state index contributed by atoms with van der Waals surface area (Å²) < 4.78 is 0. The summed E-state index contributed by atoms with van der Waals surface area (Å²) in [5.74, 6) is 5.75. The number of fused-ring (bicyclic) bond motifs is 1. The second-order valence-corrected chi connectivity index (χ2v) is 7.51. The van der Waals surface area contributed by atoms with E-state index < -0.39 is 0 Å². The Balaban J connectivity index is 1.55. The number of aromatic nitrogens is 1. The molecule has 4 aromatic rings. The molecule has 0 aliphatic heterocycles. The molecule has 7 heteroatoms. The summed E-state index contributed by atoms with van der Waals surface area (Å²) in [6, 6.07) is 18.7. The zero-order chi connectivity index (χ0) is 19.5. The Bertz CT molecular complexity index is 1140. The van der Waals surface area contributed by atoms with Gasteiger partial charge in [0.25, 0.3) is 5.91 Å². The van der Waals surface area contributed by atoms with Crippen LogP contribution in [0, 0.1) is 0 Å².